The number of carbonyl (C=O) groups excluding carboxylic acids is 1. The Labute approximate surface area is 90.7 Å². The predicted molar refractivity (Wildman–Crippen MR) is 60.9 cm³/mol. The molecule has 2 rings (SSSR count). The second-order valence-corrected chi connectivity index (χ2v) is 4.27. The van der Waals surface area contributed by atoms with Gasteiger partial charge in [-0.3, -0.25) is 4.79 Å². The van der Waals surface area contributed by atoms with E-state index in [4.69, 9.17) is 0 Å². The smallest absolute Gasteiger partial charge is 0.135 e. The second-order valence-electron chi connectivity index (χ2n) is 4.27. The van der Waals surface area contributed by atoms with Gasteiger partial charge >= 0.3 is 0 Å². The van der Waals surface area contributed by atoms with Gasteiger partial charge in [-0.25, -0.2) is 0 Å². The highest BCUT2D eigenvalue weighted by molar-refractivity contribution is 5.80. The summed E-state index contributed by atoms with van der Waals surface area (Å²) in [4.78, 5) is 11.3. The topological polar surface area (TPSA) is 29.1 Å². The first kappa shape index (κ1) is 10.4. The number of carbonyl (C=O) groups is 1. The second kappa shape index (κ2) is 4.58. The molecule has 0 bridgehead atoms. The number of rotatable bonds is 2. The molecule has 2 heteroatoms. The molecule has 1 N–H and O–H groups in total. The van der Waals surface area contributed by atoms with Crippen LogP contribution in [0.5, 0.6) is 0 Å². The summed E-state index contributed by atoms with van der Waals surface area (Å²) in [6.45, 7) is 2.97. The van der Waals surface area contributed by atoms with Crippen LogP contribution in [0.15, 0.2) is 24.3 Å². The van der Waals surface area contributed by atoms with E-state index in [0.717, 1.165) is 13.0 Å². The van der Waals surface area contributed by atoms with Crippen LogP contribution in [0, 0.1) is 6.92 Å². The lowest BCUT2D eigenvalue weighted by molar-refractivity contribution is -0.120. The highest BCUT2D eigenvalue weighted by Gasteiger charge is 2.19. The third-order valence-electron chi connectivity index (χ3n) is 3.04. The van der Waals surface area contributed by atoms with Crippen LogP contribution in [0.2, 0.25) is 0 Å². The summed E-state index contributed by atoms with van der Waals surface area (Å²) >= 11 is 0. The van der Waals surface area contributed by atoms with Crippen molar-refractivity contribution < 1.29 is 4.79 Å². The maximum Gasteiger partial charge on any atom is 0.135 e. The van der Waals surface area contributed by atoms with Crippen molar-refractivity contribution in [3.63, 3.8) is 0 Å². The quantitative estimate of drug-likeness (QED) is 0.795. The van der Waals surface area contributed by atoms with Gasteiger partial charge in [-0.1, -0.05) is 24.3 Å². The van der Waals surface area contributed by atoms with Crippen molar-refractivity contribution in [2.75, 3.05) is 6.54 Å². The van der Waals surface area contributed by atoms with Crippen LogP contribution in [-0.4, -0.2) is 18.4 Å². The van der Waals surface area contributed by atoms with Crippen molar-refractivity contribution in [3.8, 4) is 0 Å². The maximum atomic E-state index is 11.3. The van der Waals surface area contributed by atoms with Gasteiger partial charge in [-0.15, -0.1) is 0 Å². The highest BCUT2D eigenvalue weighted by Crippen LogP contribution is 2.13. The van der Waals surface area contributed by atoms with Gasteiger partial charge in [0.25, 0.3) is 0 Å². The van der Waals surface area contributed by atoms with Gasteiger partial charge in [-0.05, 0) is 24.5 Å². The Morgan fingerprint density at radius 1 is 1.40 bits per heavy atom. The molecule has 0 aliphatic carbocycles. The summed E-state index contributed by atoms with van der Waals surface area (Å²) < 4.78 is 0. The van der Waals surface area contributed by atoms with E-state index in [0.29, 0.717) is 24.7 Å². The summed E-state index contributed by atoms with van der Waals surface area (Å²) in [6.07, 6.45) is 2.36. The molecular weight excluding hydrogens is 186 g/mol. The Morgan fingerprint density at radius 3 is 2.93 bits per heavy atom. The minimum Gasteiger partial charge on any atom is -0.313 e. The number of hydrogen-bond donors (Lipinski definition) is 1. The lowest BCUT2D eigenvalue weighted by Crippen LogP contribution is -2.39. The molecule has 1 aliphatic heterocycles. The van der Waals surface area contributed by atoms with Crippen molar-refractivity contribution in [1.82, 2.24) is 5.32 Å². The fourth-order valence-corrected chi connectivity index (χ4v) is 2.11. The first-order valence-corrected chi connectivity index (χ1v) is 5.55. The van der Waals surface area contributed by atoms with Crippen LogP contribution < -0.4 is 5.32 Å². The molecule has 1 fully saturated rings. The molecule has 1 heterocycles. The zero-order valence-electron chi connectivity index (χ0n) is 9.12. The number of nitrogens with one attached hydrogen (secondary N) is 1. The molecule has 0 saturated carbocycles. The number of hydrogen-bond acceptors (Lipinski definition) is 2. The number of ketones is 1. The van der Waals surface area contributed by atoms with E-state index in [9.17, 15) is 4.79 Å². The molecule has 0 aromatic heterocycles. The molecule has 1 aromatic rings. The largest absolute Gasteiger partial charge is 0.313 e. The molecule has 15 heavy (non-hydrogen) atoms. The zero-order valence-corrected chi connectivity index (χ0v) is 9.12. The van der Waals surface area contributed by atoms with Gasteiger partial charge < -0.3 is 5.32 Å². The standard InChI is InChI=1S/C13H17NO/c1-10-4-2-3-5-11(10)8-12-9-13(15)6-7-14-12/h2-5,12,14H,6-9H2,1H3. The molecule has 0 amide bonds. The molecule has 0 spiro atoms. The Balaban J connectivity index is 2.02. The fraction of sp³-hybridized carbons (Fsp3) is 0.462. The summed E-state index contributed by atoms with van der Waals surface area (Å²) in [5.74, 6) is 0.396. The molecule has 80 valence electrons. The molecular formula is C13H17NO. The summed E-state index contributed by atoms with van der Waals surface area (Å²) in [6, 6.07) is 8.73. The maximum absolute atomic E-state index is 11.3. The highest BCUT2D eigenvalue weighted by atomic mass is 16.1. The van der Waals surface area contributed by atoms with E-state index in [2.05, 4.69) is 36.5 Å². The molecule has 1 unspecified atom stereocenters. The van der Waals surface area contributed by atoms with Crippen LogP contribution in [-0.2, 0) is 11.2 Å². The van der Waals surface area contributed by atoms with Crippen LogP contribution >= 0.6 is 0 Å². The lowest BCUT2D eigenvalue weighted by Gasteiger charge is -2.23. The lowest BCUT2D eigenvalue weighted by atomic mass is 9.95. The summed E-state index contributed by atoms with van der Waals surface area (Å²) in [5, 5.41) is 3.40. The molecule has 2 nitrogen and oxygen atoms in total. The van der Waals surface area contributed by atoms with E-state index in [1.165, 1.54) is 11.1 Å². The molecule has 1 saturated heterocycles. The van der Waals surface area contributed by atoms with E-state index < -0.39 is 0 Å². The van der Waals surface area contributed by atoms with Crippen LogP contribution in [0.4, 0.5) is 0 Å². The average molecular weight is 203 g/mol. The SMILES string of the molecule is Cc1ccccc1CC1CC(=O)CCN1. The van der Waals surface area contributed by atoms with Gasteiger partial charge in [-0.2, -0.15) is 0 Å². The van der Waals surface area contributed by atoms with E-state index in [-0.39, 0.29) is 0 Å². The number of piperidine rings is 1. The Kier molecular flexibility index (Phi) is 3.17. The minimum atomic E-state index is 0.340. The van der Waals surface area contributed by atoms with Crippen molar-refractivity contribution >= 4 is 5.78 Å². The van der Waals surface area contributed by atoms with Crippen LogP contribution in [0.25, 0.3) is 0 Å². The van der Waals surface area contributed by atoms with Crippen LogP contribution in [0.3, 0.4) is 0 Å². The van der Waals surface area contributed by atoms with Crippen molar-refractivity contribution in [1.29, 1.82) is 0 Å². The van der Waals surface area contributed by atoms with Crippen molar-refractivity contribution in [2.24, 2.45) is 0 Å². The van der Waals surface area contributed by atoms with E-state index in [1.807, 2.05) is 0 Å². The minimum absolute atomic E-state index is 0.340. The summed E-state index contributed by atoms with van der Waals surface area (Å²) in [5.41, 5.74) is 2.67. The molecule has 1 aromatic carbocycles. The average Bonchev–Trinajstić information content (AvgIpc) is 2.22. The first-order chi connectivity index (χ1) is 7.25. The number of benzene rings is 1. The normalized spacial score (nSPS) is 21.7. The van der Waals surface area contributed by atoms with Crippen molar-refractivity contribution in [3.05, 3.63) is 35.4 Å². The van der Waals surface area contributed by atoms with Gasteiger partial charge in [0.1, 0.15) is 5.78 Å². The Morgan fingerprint density at radius 2 is 2.20 bits per heavy atom. The first-order valence-electron chi connectivity index (χ1n) is 5.55. The van der Waals surface area contributed by atoms with Crippen LogP contribution in [0.1, 0.15) is 24.0 Å². The van der Waals surface area contributed by atoms with Gasteiger partial charge in [0.2, 0.25) is 0 Å². The molecule has 0 radical (unpaired) electrons. The zero-order chi connectivity index (χ0) is 10.7. The van der Waals surface area contributed by atoms with E-state index >= 15 is 0 Å². The van der Waals surface area contributed by atoms with Gasteiger partial charge in [0.15, 0.2) is 0 Å². The fourth-order valence-electron chi connectivity index (χ4n) is 2.11. The third-order valence-corrected chi connectivity index (χ3v) is 3.04. The summed E-state index contributed by atoms with van der Waals surface area (Å²) in [7, 11) is 0. The van der Waals surface area contributed by atoms with Crippen molar-refractivity contribution in [2.45, 2.75) is 32.2 Å². The predicted octanol–water partition coefficient (Wildman–Crippen LogP) is 1.86. The Hall–Kier alpha value is -1.15. The number of Topliss-reactive ketones (excluding diaryl/α,β-unsaturated/α-hetero) is 1. The van der Waals surface area contributed by atoms with Gasteiger partial charge in [0, 0.05) is 25.4 Å². The monoisotopic (exact) mass is 203 g/mol. The third kappa shape index (κ3) is 2.66. The van der Waals surface area contributed by atoms with Gasteiger partial charge in [0.05, 0.1) is 0 Å². The Bertz CT molecular complexity index is 359. The molecule has 1 atom stereocenters. The van der Waals surface area contributed by atoms with E-state index in [1.54, 1.807) is 0 Å². The number of aryl methyl sites for hydroxylation is 1. The molecule has 1 aliphatic rings.